The summed E-state index contributed by atoms with van der Waals surface area (Å²) in [5.41, 5.74) is 5.78. The van der Waals surface area contributed by atoms with E-state index >= 15 is 0 Å². The van der Waals surface area contributed by atoms with Crippen LogP contribution in [0.15, 0.2) is 18.2 Å². The summed E-state index contributed by atoms with van der Waals surface area (Å²) in [4.78, 5) is 23.5. The van der Waals surface area contributed by atoms with Crippen LogP contribution in [0.5, 0.6) is 0 Å². The second-order valence-corrected chi connectivity index (χ2v) is 6.08. The number of hydrogen-bond donors (Lipinski definition) is 3. The Morgan fingerprint density at radius 3 is 2.48 bits per heavy atom. The Bertz CT molecular complexity index is 534. The first-order valence-electron chi connectivity index (χ1n) is 7.01. The molecule has 0 spiro atoms. The zero-order valence-electron chi connectivity index (χ0n) is 11.7. The molecule has 1 amide bonds. The zero-order valence-corrected chi connectivity index (χ0v) is 12.4. The van der Waals surface area contributed by atoms with Gasteiger partial charge in [0.15, 0.2) is 0 Å². The van der Waals surface area contributed by atoms with Crippen LogP contribution in [-0.2, 0) is 4.79 Å². The molecule has 0 atom stereocenters. The van der Waals surface area contributed by atoms with Gasteiger partial charge in [-0.15, -0.1) is 0 Å². The van der Waals surface area contributed by atoms with Crippen LogP contribution in [0.3, 0.4) is 0 Å². The fraction of sp³-hybridized carbons (Fsp3) is 0.467. The molecule has 0 saturated heterocycles. The van der Waals surface area contributed by atoms with E-state index < -0.39 is 11.5 Å². The molecule has 1 fully saturated rings. The molecule has 0 unspecified atom stereocenters. The van der Waals surface area contributed by atoms with Gasteiger partial charge in [-0.3, -0.25) is 9.59 Å². The second kappa shape index (κ2) is 6.35. The van der Waals surface area contributed by atoms with Crippen molar-refractivity contribution in [2.45, 2.75) is 44.1 Å². The number of anilines is 1. The number of carboxylic acid groups (broad SMARTS) is 1. The van der Waals surface area contributed by atoms with Crippen molar-refractivity contribution in [1.29, 1.82) is 0 Å². The van der Waals surface area contributed by atoms with Crippen LogP contribution in [-0.4, -0.2) is 22.5 Å². The van der Waals surface area contributed by atoms with Crippen LogP contribution in [0.4, 0.5) is 5.69 Å². The smallest absolute Gasteiger partial charge is 0.305 e. The lowest BCUT2D eigenvalue weighted by atomic mass is 9.79. The number of hydrogen-bond acceptors (Lipinski definition) is 3. The molecule has 1 aromatic rings. The van der Waals surface area contributed by atoms with Gasteiger partial charge in [0, 0.05) is 16.3 Å². The van der Waals surface area contributed by atoms with E-state index in [4.69, 9.17) is 22.4 Å². The first-order chi connectivity index (χ1) is 9.90. The van der Waals surface area contributed by atoms with Crippen LogP contribution >= 0.6 is 11.6 Å². The van der Waals surface area contributed by atoms with Crippen molar-refractivity contribution in [3.8, 4) is 0 Å². The molecule has 1 aromatic carbocycles. The number of rotatable bonds is 4. The zero-order chi connectivity index (χ0) is 15.5. The van der Waals surface area contributed by atoms with Gasteiger partial charge in [0.1, 0.15) is 0 Å². The number of nitrogen functional groups attached to an aromatic ring is 1. The quantitative estimate of drug-likeness (QED) is 0.746. The summed E-state index contributed by atoms with van der Waals surface area (Å²) in [6.45, 7) is 0. The van der Waals surface area contributed by atoms with E-state index in [2.05, 4.69) is 5.32 Å². The third kappa shape index (κ3) is 4.11. The highest BCUT2D eigenvalue weighted by atomic mass is 35.5. The molecule has 1 aliphatic rings. The van der Waals surface area contributed by atoms with Crippen LogP contribution in [0.2, 0.25) is 5.02 Å². The summed E-state index contributed by atoms with van der Waals surface area (Å²) >= 11 is 5.90. The van der Waals surface area contributed by atoms with Crippen molar-refractivity contribution < 1.29 is 14.7 Å². The van der Waals surface area contributed by atoms with E-state index in [1.165, 1.54) is 6.07 Å². The predicted octanol–water partition coefficient (Wildman–Crippen LogP) is 2.83. The molecule has 0 aromatic heterocycles. The molecule has 0 aliphatic heterocycles. The summed E-state index contributed by atoms with van der Waals surface area (Å²) in [5.74, 6) is -1.23. The van der Waals surface area contributed by atoms with Gasteiger partial charge >= 0.3 is 5.97 Å². The number of carboxylic acids is 1. The van der Waals surface area contributed by atoms with E-state index in [0.29, 0.717) is 29.1 Å². The van der Waals surface area contributed by atoms with Gasteiger partial charge in [0.2, 0.25) is 0 Å². The van der Waals surface area contributed by atoms with Gasteiger partial charge in [-0.2, -0.15) is 0 Å². The normalized spacial score (nSPS) is 17.2. The Labute approximate surface area is 128 Å². The molecule has 1 saturated carbocycles. The molecule has 6 heteroatoms. The Morgan fingerprint density at radius 2 is 1.90 bits per heavy atom. The Balaban J connectivity index is 2.19. The maximum atomic E-state index is 12.4. The standard InChI is InChI=1S/C15H19ClN2O3/c16-11-6-10(7-12(17)8-11)14(21)18-15(9-13(19)20)4-2-1-3-5-15/h6-8H,1-5,9,17H2,(H,18,21)(H,19,20). The van der Waals surface area contributed by atoms with Crippen molar-refractivity contribution >= 4 is 29.2 Å². The lowest BCUT2D eigenvalue weighted by Crippen LogP contribution is -2.51. The van der Waals surface area contributed by atoms with E-state index in [-0.39, 0.29) is 12.3 Å². The van der Waals surface area contributed by atoms with E-state index in [9.17, 15) is 9.59 Å². The number of nitrogens with one attached hydrogen (secondary N) is 1. The first kappa shape index (κ1) is 15.6. The predicted molar refractivity (Wildman–Crippen MR) is 81.4 cm³/mol. The van der Waals surface area contributed by atoms with Gasteiger partial charge in [-0.05, 0) is 31.0 Å². The number of carbonyl (C=O) groups excluding carboxylic acids is 1. The van der Waals surface area contributed by atoms with Crippen molar-refractivity contribution in [2.75, 3.05) is 5.73 Å². The van der Waals surface area contributed by atoms with E-state index in [1.54, 1.807) is 12.1 Å². The fourth-order valence-electron chi connectivity index (χ4n) is 2.92. The average molecular weight is 311 g/mol. The molecule has 4 N–H and O–H groups in total. The fourth-order valence-corrected chi connectivity index (χ4v) is 3.16. The highest BCUT2D eigenvalue weighted by molar-refractivity contribution is 6.31. The molecular formula is C15H19ClN2O3. The van der Waals surface area contributed by atoms with Gasteiger partial charge < -0.3 is 16.2 Å². The highest BCUT2D eigenvalue weighted by Gasteiger charge is 2.36. The molecule has 0 bridgehead atoms. The van der Waals surface area contributed by atoms with Crippen LogP contribution in [0.1, 0.15) is 48.9 Å². The van der Waals surface area contributed by atoms with Gasteiger partial charge in [0.05, 0.1) is 12.0 Å². The largest absolute Gasteiger partial charge is 0.481 e. The Morgan fingerprint density at radius 1 is 1.24 bits per heavy atom. The average Bonchev–Trinajstić information content (AvgIpc) is 2.37. The molecule has 2 rings (SSSR count). The van der Waals surface area contributed by atoms with Crippen molar-refractivity contribution in [1.82, 2.24) is 5.32 Å². The second-order valence-electron chi connectivity index (χ2n) is 5.64. The van der Waals surface area contributed by atoms with Gasteiger partial charge in [-0.1, -0.05) is 30.9 Å². The number of halogens is 1. The van der Waals surface area contributed by atoms with Crippen molar-refractivity contribution in [3.05, 3.63) is 28.8 Å². The summed E-state index contributed by atoms with van der Waals surface area (Å²) in [5, 5.41) is 12.4. The summed E-state index contributed by atoms with van der Waals surface area (Å²) < 4.78 is 0. The first-order valence-corrected chi connectivity index (χ1v) is 7.38. The number of benzene rings is 1. The topological polar surface area (TPSA) is 92.4 Å². The number of amides is 1. The van der Waals surface area contributed by atoms with Crippen molar-refractivity contribution in [3.63, 3.8) is 0 Å². The molecule has 21 heavy (non-hydrogen) atoms. The lowest BCUT2D eigenvalue weighted by molar-refractivity contribution is -0.139. The molecule has 5 nitrogen and oxygen atoms in total. The van der Waals surface area contributed by atoms with Crippen LogP contribution in [0.25, 0.3) is 0 Å². The van der Waals surface area contributed by atoms with Gasteiger partial charge in [-0.25, -0.2) is 0 Å². The summed E-state index contributed by atoms with van der Waals surface area (Å²) in [7, 11) is 0. The molecule has 1 aliphatic carbocycles. The maximum absolute atomic E-state index is 12.4. The molecular weight excluding hydrogens is 292 g/mol. The minimum Gasteiger partial charge on any atom is -0.481 e. The Hall–Kier alpha value is -1.75. The lowest BCUT2D eigenvalue weighted by Gasteiger charge is -2.37. The Kier molecular flexibility index (Phi) is 4.73. The maximum Gasteiger partial charge on any atom is 0.305 e. The molecule has 0 heterocycles. The number of nitrogens with two attached hydrogens (primary N) is 1. The van der Waals surface area contributed by atoms with Crippen molar-refractivity contribution in [2.24, 2.45) is 0 Å². The minimum absolute atomic E-state index is 0.0607. The monoisotopic (exact) mass is 310 g/mol. The van der Waals surface area contributed by atoms with E-state index in [0.717, 1.165) is 19.3 Å². The molecule has 0 radical (unpaired) electrons. The molecule has 114 valence electrons. The third-order valence-corrected chi connectivity index (χ3v) is 4.08. The summed E-state index contributed by atoms with van der Waals surface area (Å²) in [6.07, 6.45) is 4.22. The van der Waals surface area contributed by atoms with E-state index in [1.807, 2.05) is 0 Å². The van der Waals surface area contributed by atoms with Crippen LogP contribution < -0.4 is 11.1 Å². The summed E-state index contributed by atoms with van der Waals surface area (Å²) in [6, 6.07) is 4.63. The SMILES string of the molecule is Nc1cc(Cl)cc(C(=O)NC2(CC(=O)O)CCCCC2)c1. The number of aliphatic carboxylic acids is 1. The minimum atomic E-state index is -0.900. The number of carbonyl (C=O) groups is 2. The van der Waals surface area contributed by atoms with Gasteiger partial charge in [0.25, 0.3) is 5.91 Å². The third-order valence-electron chi connectivity index (χ3n) is 3.86. The van der Waals surface area contributed by atoms with Crippen LogP contribution in [0, 0.1) is 0 Å². The highest BCUT2D eigenvalue weighted by Crippen LogP contribution is 2.31.